The lowest BCUT2D eigenvalue weighted by Crippen LogP contribution is -2.35. The van der Waals surface area contributed by atoms with Crippen LogP contribution in [0.25, 0.3) is 5.76 Å². The fourth-order valence-corrected chi connectivity index (χ4v) is 3.54. The Bertz CT molecular complexity index is 932. The maximum Gasteiger partial charge on any atom is 0.295 e. The zero-order valence-corrected chi connectivity index (χ0v) is 16.8. The van der Waals surface area contributed by atoms with Gasteiger partial charge in [-0.25, -0.2) is 0 Å². The van der Waals surface area contributed by atoms with Crippen molar-refractivity contribution in [1.82, 2.24) is 9.80 Å². The number of rotatable bonds is 5. The summed E-state index contributed by atoms with van der Waals surface area (Å²) in [6, 6.07) is 14.5. The SMILES string of the molecule is Cc1ccc(C)c(C(O)=C2C(=O)C(=O)N(CCN(C)C)[C@H]2c2ccccc2)c1. The molecule has 1 atom stereocenters. The van der Waals surface area contributed by atoms with Crippen LogP contribution in [0.4, 0.5) is 0 Å². The molecule has 5 heteroatoms. The molecule has 5 nitrogen and oxygen atoms in total. The largest absolute Gasteiger partial charge is 0.507 e. The number of hydrogen-bond donors (Lipinski definition) is 1. The Hall–Kier alpha value is -2.92. The van der Waals surface area contributed by atoms with Gasteiger partial charge in [-0.3, -0.25) is 9.59 Å². The molecule has 0 unspecified atom stereocenters. The van der Waals surface area contributed by atoms with Crippen molar-refractivity contribution in [2.24, 2.45) is 0 Å². The van der Waals surface area contributed by atoms with E-state index < -0.39 is 17.7 Å². The first-order valence-electron chi connectivity index (χ1n) is 9.37. The lowest BCUT2D eigenvalue weighted by molar-refractivity contribution is -0.140. The van der Waals surface area contributed by atoms with Crippen molar-refractivity contribution in [3.05, 3.63) is 76.4 Å². The number of Topliss-reactive ketones (excluding diaryl/α,β-unsaturated/α-hetero) is 1. The molecule has 1 saturated heterocycles. The monoisotopic (exact) mass is 378 g/mol. The van der Waals surface area contributed by atoms with Gasteiger partial charge in [-0.05, 0) is 45.1 Å². The second-order valence-corrected chi connectivity index (χ2v) is 7.52. The van der Waals surface area contributed by atoms with Gasteiger partial charge in [0.15, 0.2) is 0 Å². The number of aryl methyl sites for hydroxylation is 2. The summed E-state index contributed by atoms with van der Waals surface area (Å²) in [5.41, 5.74) is 3.39. The van der Waals surface area contributed by atoms with E-state index in [0.717, 1.165) is 16.7 Å². The summed E-state index contributed by atoms with van der Waals surface area (Å²) in [6.45, 7) is 4.84. The molecule has 1 aliphatic heterocycles. The number of aliphatic hydroxyl groups excluding tert-OH is 1. The minimum absolute atomic E-state index is 0.110. The lowest BCUT2D eigenvalue weighted by atomic mass is 9.93. The molecule has 1 aliphatic rings. The van der Waals surface area contributed by atoms with E-state index in [1.54, 1.807) is 4.90 Å². The minimum Gasteiger partial charge on any atom is -0.507 e. The number of aliphatic hydroxyl groups is 1. The van der Waals surface area contributed by atoms with Crippen molar-refractivity contribution < 1.29 is 14.7 Å². The molecule has 0 aliphatic carbocycles. The van der Waals surface area contributed by atoms with Crippen LogP contribution in [0.2, 0.25) is 0 Å². The van der Waals surface area contributed by atoms with Crippen LogP contribution < -0.4 is 0 Å². The molecular formula is C23H26N2O3. The van der Waals surface area contributed by atoms with Crippen LogP contribution in [0.1, 0.15) is 28.3 Å². The first kappa shape index (κ1) is 19.8. The van der Waals surface area contributed by atoms with Crippen LogP contribution in [-0.2, 0) is 9.59 Å². The predicted octanol–water partition coefficient (Wildman–Crippen LogP) is 3.29. The molecular weight excluding hydrogens is 352 g/mol. The summed E-state index contributed by atoms with van der Waals surface area (Å²) < 4.78 is 0. The number of carbonyl (C=O) groups excluding carboxylic acids is 2. The second-order valence-electron chi connectivity index (χ2n) is 7.52. The molecule has 2 aromatic rings. The van der Waals surface area contributed by atoms with E-state index in [0.29, 0.717) is 18.7 Å². The quantitative estimate of drug-likeness (QED) is 0.493. The molecule has 0 radical (unpaired) electrons. The third kappa shape index (κ3) is 3.71. The minimum atomic E-state index is -0.633. The number of nitrogens with zero attached hydrogens (tertiary/aromatic N) is 2. The van der Waals surface area contributed by atoms with Gasteiger partial charge in [0, 0.05) is 18.7 Å². The highest BCUT2D eigenvalue weighted by molar-refractivity contribution is 6.46. The van der Waals surface area contributed by atoms with E-state index in [1.807, 2.05) is 81.4 Å². The normalized spacial score (nSPS) is 18.9. The summed E-state index contributed by atoms with van der Waals surface area (Å²) in [5.74, 6) is -1.31. The number of carbonyl (C=O) groups is 2. The molecule has 0 saturated carbocycles. The first-order valence-corrected chi connectivity index (χ1v) is 9.37. The number of ketones is 1. The summed E-state index contributed by atoms with van der Waals surface area (Å²) in [7, 11) is 3.84. The van der Waals surface area contributed by atoms with Gasteiger partial charge in [-0.2, -0.15) is 0 Å². The Labute approximate surface area is 165 Å². The van der Waals surface area contributed by atoms with Gasteiger partial charge >= 0.3 is 0 Å². The van der Waals surface area contributed by atoms with Gasteiger partial charge in [0.05, 0.1) is 11.6 Å². The maximum atomic E-state index is 12.9. The highest BCUT2D eigenvalue weighted by Crippen LogP contribution is 2.39. The summed E-state index contributed by atoms with van der Waals surface area (Å²) in [5, 5.41) is 11.1. The van der Waals surface area contributed by atoms with Crippen LogP contribution in [-0.4, -0.2) is 53.8 Å². The highest BCUT2D eigenvalue weighted by atomic mass is 16.3. The Morgan fingerprint density at radius 2 is 1.75 bits per heavy atom. The van der Waals surface area contributed by atoms with Gasteiger partial charge in [-0.1, -0.05) is 48.0 Å². The summed E-state index contributed by atoms with van der Waals surface area (Å²) in [4.78, 5) is 29.3. The molecule has 0 spiro atoms. The predicted molar refractivity (Wildman–Crippen MR) is 110 cm³/mol. The molecule has 0 bridgehead atoms. The topological polar surface area (TPSA) is 60.9 Å². The van der Waals surface area contributed by atoms with Gasteiger partial charge < -0.3 is 14.9 Å². The van der Waals surface area contributed by atoms with Crippen molar-refractivity contribution >= 4 is 17.4 Å². The standard InChI is InChI=1S/C23H26N2O3/c1-15-10-11-16(2)18(14-15)21(26)19-20(17-8-6-5-7-9-17)25(13-12-24(3)4)23(28)22(19)27/h5-11,14,20,26H,12-13H2,1-4H3/t20-/m0/s1. The Morgan fingerprint density at radius 1 is 1.07 bits per heavy atom. The summed E-state index contributed by atoms with van der Waals surface area (Å²) >= 11 is 0. The number of likely N-dealkylation sites (tertiary alicyclic amines) is 1. The van der Waals surface area contributed by atoms with Gasteiger partial charge in [0.25, 0.3) is 11.7 Å². The second kappa shape index (κ2) is 7.98. The third-order valence-electron chi connectivity index (χ3n) is 5.09. The Balaban J connectivity index is 2.18. The van der Waals surface area contributed by atoms with Crippen LogP contribution in [0, 0.1) is 13.8 Å². The Morgan fingerprint density at radius 3 is 2.39 bits per heavy atom. The Kier molecular flexibility index (Phi) is 5.66. The molecule has 2 aromatic carbocycles. The molecule has 28 heavy (non-hydrogen) atoms. The first-order chi connectivity index (χ1) is 13.3. The smallest absolute Gasteiger partial charge is 0.295 e. The van der Waals surface area contributed by atoms with Crippen molar-refractivity contribution in [2.75, 3.05) is 27.2 Å². The molecule has 1 fully saturated rings. The molecule has 146 valence electrons. The third-order valence-corrected chi connectivity index (χ3v) is 5.09. The van der Waals surface area contributed by atoms with E-state index in [-0.39, 0.29) is 11.3 Å². The van der Waals surface area contributed by atoms with Crippen molar-refractivity contribution in [2.45, 2.75) is 19.9 Å². The fraction of sp³-hybridized carbons (Fsp3) is 0.304. The zero-order valence-electron chi connectivity index (χ0n) is 16.8. The number of likely N-dealkylation sites (N-methyl/N-ethyl adjacent to an activating group) is 1. The van der Waals surface area contributed by atoms with E-state index in [1.165, 1.54) is 0 Å². The van der Waals surface area contributed by atoms with Crippen LogP contribution in [0.5, 0.6) is 0 Å². The molecule has 1 amide bonds. The number of benzene rings is 2. The average Bonchev–Trinajstić information content (AvgIpc) is 2.93. The fourth-order valence-electron chi connectivity index (χ4n) is 3.54. The van der Waals surface area contributed by atoms with E-state index >= 15 is 0 Å². The summed E-state index contributed by atoms with van der Waals surface area (Å²) in [6.07, 6.45) is 0. The molecule has 0 aromatic heterocycles. The highest BCUT2D eigenvalue weighted by Gasteiger charge is 2.45. The van der Waals surface area contributed by atoms with Crippen LogP contribution >= 0.6 is 0 Å². The molecule has 1 heterocycles. The van der Waals surface area contributed by atoms with E-state index in [4.69, 9.17) is 0 Å². The van der Waals surface area contributed by atoms with Crippen LogP contribution in [0.15, 0.2) is 54.1 Å². The van der Waals surface area contributed by atoms with E-state index in [2.05, 4.69) is 0 Å². The van der Waals surface area contributed by atoms with Crippen molar-refractivity contribution in [3.8, 4) is 0 Å². The van der Waals surface area contributed by atoms with Crippen molar-refractivity contribution in [3.63, 3.8) is 0 Å². The zero-order chi connectivity index (χ0) is 20.4. The van der Waals surface area contributed by atoms with Gasteiger partial charge in [0.2, 0.25) is 0 Å². The van der Waals surface area contributed by atoms with Gasteiger partial charge in [0.1, 0.15) is 5.76 Å². The maximum absolute atomic E-state index is 12.9. The molecule has 3 rings (SSSR count). The van der Waals surface area contributed by atoms with E-state index in [9.17, 15) is 14.7 Å². The number of hydrogen-bond acceptors (Lipinski definition) is 4. The van der Waals surface area contributed by atoms with Gasteiger partial charge in [-0.15, -0.1) is 0 Å². The lowest BCUT2D eigenvalue weighted by Gasteiger charge is -2.26. The van der Waals surface area contributed by atoms with Crippen molar-refractivity contribution in [1.29, 1.82) is 0 Å². The molecule has 1 N–H and O–H groups in total. The number of amides is 1. The average molecular weight is 378 g/mol. The van der Waals surface area contributed by atoms with Crippen LogP contribution in [0.3, 0.4) is 0 Å².